The molecule has 0 unspecified atom stereocenters. The van der Waals surface area contributed by atoms with Gasteiger partial charge in [0.2, 0.25) is 0 Å². The Morgan fingerprint density at radius 1 is 1.29 bits per heavy atom. The van der Waals surface area contributed by atoms with Crippen LogP contribution in [0.15, 0.2) is 35.0 Å². The van der Waals surface area contributed by atoms with Gasteiger partial charge >= 0.3 is 0 Å². The van der Waals surface area contributed by atoms with E-state index in [4.69, 9.17) is 10.3 Å². The number of phenolic OH excluding ortho intramolecular Hbond substituents is 1. The number of aromatic nitrogens is 1. The number of hydrogen-bond donors (Lipinski definition) is 3. The third-order valence-electron chi connectivity index (χ3n) is 2.41. The summed E-state index contributed by atoms with van der Waals surface area (Å²) in [7, 11) is 0. The van der Waals surface area contributed by atoms with Crippen LogP contribution in [0.3, 0.4) is 0 Å². The molecule has 4 N–H and O–H groups in total. The average Bonchev–Trinajstić information content (AvgIpc) is 2.77. The van der Waals surface area contributed by atoms with Crippen molar-refractivity contribution in [1.82, 2.24) is 5.16 Å². The van der Waals surface area contributed by atoms with Gasteiger partial charge in [0.05, 0.1) is 11.9 Å². The summed E-state index contributed by atoms with van der Waals surface area (Å²) in [4.78, 5) is 0. The molecular formula is C12H15N3O2. The maximum absolute atomic E-state index is 9.19. The molecule has 17 heavy (non-hydrogen) atoms. The van der Waals surface area contributed by atoms with E-state index in [9.17, 15) is 5.11 Å². The molecule has 0 atom stereocenters. The van der Waals surface area contributed by atoms with Gasteiger partial charge in [-0.15, -0.1) is 0 Å². The number of rotatable bonds is 5. The predicted octanol–water partition coefficient (Wildman–Crippen LogP) is 1.34. The molecule has 2 rings (SSSR count). The fraction of sp³-hybridized carbons (Fsp3) is 0.250. The quantitative estimate of drug-likeness (QED) is 0.725. The molecule has 0 spiro atoms. The van der Waals surface area contributed by atoms with Gasteiger partial charge in [0.25, 0.3) is 0 Å². The Kier molecular flexibility index (Phi) is 3.62. The number of hydrogen-bond acceptors (Lipinski definition) is 5. The molecule has 0 saturated heterocycles. The van der Waals surface area contributed by atoms with Gasteiger partial charge in [0.15, 0.2) is 5.76 Å². The fourth-order valence-electron chi connectivity index (χ4n) is 1.54. The van der Waals surface area contributed by atoms with E-state index in [1.54, 1.807) is 18.3 Å². The van der Waals surface area contributed by atoms with Crippen molar-refractivity contribution < 1.29 is 9.63 Å². The van der Waals surface area contributed by atoms with Crippen molar-refractivity contribution in [2.75, 3.05) is 18.4 Å². The first-order valence-corrected chi connectivity index (χ1v) is 5.45. The zero-order chi connectivity index (χ0) is 12.1. The van der Waals surface area contributed by atoms with Gasteiger partial charge in [-0.3, -0.25) is 0 Å². The van der Waals surface area contributed by atoms with Crippen LogP contribution >= 0.6 is 0 Å². The van der Waals surface area contributed by atoms with Crippen molar-refractivity contribution in [3.63, 3.8) is 0 Å². The second-order valence-electron chi connectivity index (χ2n) is 3.72. The highest BCUT2D eigenvalue weighted by molar-refractivity contribution is 5.46. The number of phenols is 1. The lowest BCUT2D eigenvalue weighted by atomic mass is 10.1. The lowest BCUT2D eigenvalue weighted by molar-refractivity contribution is 0.390. The van der Waals surface area contributed by atoms with Crippen LogP contribution in [0.5, 0.6) is 5.75 Å². The van der Waals surface area contributed by atoms with Gasteiger partial charge in [-0.25, -0.2) is 0 Å². The van der Waals surface area contributed by atoms with Crippen molar-refractivity contribution in [3.05, 3.63) is 41.8 Å². The third kappa shape index (κ3) is 2.98. The highest BCUT2D eigenvalue weighted by Crippen LogP contribution is 2.19. The summed E-state index contributed by atoms with van der Waals surface area (Å²) < 4.78 is 5.18. The van der Waals surface area contributed by atoms with Crippen molar-refractivity contribution >= 4 is 5.69 Å². The highest BCUT2D eigenvalue weighted by atomic mass is 16.5. The first kappa shape index (κ1) is 11.5. The van der Waals surface area contributed by atoms with E-state index >= 15 is 0 Å². The van der Waals surface area contributed by atoms with Gasteiger partial charge in [0.1, 0.15) is 5.75 Å². The molecule has 1 aromatic carbocycles. The number of anilines is 1. The Morgan fingerprint density at radius 3 is 2.76 bits per heavy atom. The molecule has 1 aromatic heterocycles. The largest absolute Gasteiger partial charge is 0.508 e. The van der Waals surface area contributed by atoms with E-state index in [0.29, 0.717) is 19.5 Å². The van der Waals surface area contributed by atoms with Crippen LogP contribution in [0.2, 0.25) is 0 Å². The standard InChI is InChI=1S/C12H15N3O2/c13-5-6-14-11-8-15-17-12(11)7-9-1-3-10(16)4-2-9/h1-4,8,14,16H,5-7,13H2. The van der Waals surface area contributed by atoms with Crippen LogP contribution in [-0.4, -0.2) is 23.4 Å². The third-order valence-corrected chi connectivity index (χ3v) is 2.41. The summed E-state index contributed by atoms with van der Waals surface area (Å²) in [5, 5.41) is 16.1. The number of benzene rings is 1. The summed E-state index contributed by atoms with van der Waals surface area (Å²) in [6, 6.07) is 7.01. The molecule has 1 heterocycles. The van der Waals surface area contributed by atoms with Crippen LogP contribution < -0.4 is 11.1 Å². The monoisotopic (exact) mass is 233 g/mol. The van der Waals surface area contributed by atoms with Gasteiger partial charge in [0, 0.05) is 19.5 Å². The van der Waals surface area contributed by atoms with E-state index < -0.39 is 0 Å². The van der Waals surface area contributed by atoms with E-state index in [0.717, 1.165) is 17.0 Å². The first-order valence-electron chi connectivity index (χ1n) is 5.45. The molecular weight excluding hydrogens is 218 g/mol. The second-order valence-corrected chi connectivity index (χ2v) is 3.72. The van der Waals surface area contributed by atoms with Crippen molar-refractivity contribution in [2.24, 2.45) is 5.73 Å². The van der Waals surface area contributed by atoms with Crippen molar-refractivity contribution in [3.8, 4) is 5.75 Å². The van der Waals surface area contributed by atoms with E-state index in [1.165, 1.54) is 0 Å². The van der Waals surface area contributed by atoms with Gasteiger partial charge in [-0.05, 0) is 17.7 Å². The Hall–Kier alpha value is -2.01. The van der Waals surface area contributed by atoms with Gasteiger partial charge in [-0.2, -0.15) is 0 Å². The van der Waals surface area contributed by atoms with E-state index in [1.807, 2.05) is 12.1 Å². The summed E-state index contributed by atoms with van der Waals surface area (Å²) >= 11 is 0. The zero-order valence-electron chi connectivity index (χ0n) is 9.39. The molecule has 0 fully saturated rings. The zero-order valence-corrected chi connectivity index (χ0v) is 9.39. The fourth-order valence-corrected chi connectivity index (χ4v) is 1.54. The van der Waals surface area contributed by atoms with Crippen molar-refractivity contribution in [1.29, 1.82) is 0 Å². The normalized spacial score (nSPS) is 10.4. The minimum atomic E-state index is 0.257. The Balaban J connectivity index is 2.07. The maximum Gasteiger partial charge on any atom is 0.164 e. The van der Waals surface area contributed by atoms with Crippen LogP contribution in [0.4, 0.5) is 5.69 Å². The average molecular weight is 233 g/mol. The van der Waals surface area contributed by atoms with Gasteiger partial charge in [-0.1, -0.05) is 17.3 Å². The summed E-state index contributed by atoms with van der Waals surface area (Å²) in [5.74, 6) is 1.02. The van der Waals surface area contributed by atoms with E-state index in [2.05, 4.69) is 10.5 Å². The lowest BCUT2D eigenvalue weighted by Gasteiger charge is -2.03. The molecule has 2 aromatic rings. The van der Waals surface area contributed by atoms with Crippen LogP contribution in [0.25, 0.3) is 0 Å². The summed E-state index contributed by atoms with van der Waals surface area (Å²) in [6.45, 7) is 1.24. The number of nitrogens with one attached hydrogen (secondary N) is 1. The molecule has 5 heteroatoms. The molecule has 0 amide bonds. The minimum Gasteiger partial charge on any atom is -0.508 e. The smallest absolute Gasteiger partial charge is 0.164 e. The molecule has 0 radical (unpaired) electrons. The Bertz CT molecular complexity index is 465. The molecule has 90 valence electrons. The molecule has 0 bridgehead atoms. The molecule has 0 aliphatic heterocycles. The van der Waals surface area contributed by atoms with Gasteiger partial charge < -0.3 is 20.7 Å². The van der Waals surface area contributed by atoms with Crippen LogP contribution in [-0.2, 0) is 6.42 Å². The Morgan fingerprint density at radius 2 is 2.06 bits per heavy atom. The number of aromatic hydroxyl groups is 1. The number of nitrogens with two attached hydrogens (primary N) is 1. The van der Waals surface area contributed by atoms with Crippen LogP contribution in [0.1, 0.15) is 11.3 Å². The lowest BCUT2D eigenvalue weighted by Crippen LogP contribution is -2.13. The Labute approximate surface area is 99.2 Å². The van der Waals surface area contributed by atoms with Crippen LogP contribution in [0, 0.1) is 0 Å². The summed E-state index contributed by atoms with van der Waals surface area (Å²) in [5.41, 5.74) is 7.34. The molecule has 0 saturated carbocycles. The van der Waals surface area contributed by atoms with E-state index in [-0.39, 0.29) is 5.75 Å². The molecule has 0 aliphatic carbocycles. The number of nitrogens with zero attached hydrogens (tertiary/aromatic N) is 1. The highest BCUT2D eigenvalue weighted by Gasteiger charge is 2.08. The molecule has 5 nitrogen and oxygen atoms in total. The topological polar surface area (TPSA) is 84.3 Å². The SMILES string of the molecule is NCCNc1cnoc1Cc1ccc(O)cc1. The van der Waals surface area contributed by atoms with Crippen molar-refractivity contribution in [2.45, 2.75) is 6.42 Å². The second kappa shape index (κ2) is 5.36. The predicted molar refractivity (Wildman–Crippen MR) is 65.0 cm³/mol. The summed E-state index contributed by atoms with van der Waals surface area (Å²) in [6.07, 6.45) is 2.28. The first-order chi connectivity index (χ1) is 8.29. The molecule has 0 aliphatic rings. The minimum absolute atomic E-state index is 0.257. The maximum atomic E-state index is 9.19.